The summed E-state index contributed by atoms with van der Waals surface area (Å²) >= 11 is 0. The molecule has 0 amide bonds. The van der Waals surface area contributed by atoms with Gasteiger partial charge in [0.05, 0.1) is 0 Å². The molecule has 1 aromatic rings. The van der Waals surface area contributed by atoms with E-state index in [1.165, 1.54) is 12.1 Å². The Kier molecular flexibility index (Phi) is 6.82. The molecule has 0 heterocycles. The maximum absolute atomic E-state index is 12.8. The highest BCUT2D eigenvalue weighted by atomic mass is 19.1. The van der Waals surface area contributed by atoms with Gasteiger partial charge in [-0.05, 0) is 43.0 Å². The molecule has 1 rings (SSSR count). The molecule has 0 bridgehead atoms. The number of rotatable bonds is 8. The van der Waals surface area contributed by atoms with Crippen LogP contribution in [0.15, 0.2) is 24.3 Å². The lowest BCUT2D eigenvalue weighted by Gasteiger charge is -2.15. The summed E-state index contributed by atoms with van der Waals surface area (Å²) in [7, 11) is 0. The lowest BCUT2D eigenvalue weighted by atomic mass is 9.96. The molecule has 0 aliphatic heterocycles. The molecule has 0 saturated carbocycles. The molecule has 1 aromatic carbocycles. The normalized spacial score (nSPS) is 12.6. The van der Waals surface area contributed by atoms with E-state index >= 15 is 0 Å². The molecule has 3 heteroatoms. The highest BCUT2D eigenvalue weighted by Gasteiger charge is 2.09. The average Bonchev–Trinajstić information content (AvgIpc) is 2.35. The van der Waals surface area contributed by atoms with Gasteiger partial charge in [0.15, 0.2) is 0 Å². The Labute approximate surface area is 103 Å². The number of hydrogen-bond donors (Lipinski definition) is 1. The molecule has 0 radical (unpaired) electrons. The summed E-state index contributed by atoms with van der Waals surface area (Å²) in [5.74, 6) is 0.0564. The van der Waals surface area contributed by atoms with E-state index in [9.17, 15) is 4.39 Å². The van der Waals surface area contributed by atoms with E-state index in [1.807, 2.05) is 0 Å². The molecule has 2 N–H and O–H groups in total. The first-order valence-corrected chi connectivity index (χ1v) is 6.31. The Bertz CT molecular complexity index is 300. The Morgan fingerprint density at radius 1 is 1.24 bits per heavy atom. The Morgan fingerprint density at radius 3 is 2.53 bits per heavy atom. The van der Waals surface area contributed by atoms with Crippen LogP contribution in [0.4, 0.5) is 4.39 Å². The van der Waals surface area contributed by atoms with Crippen molar-refractivity contribution in [3.8, 4) is 0 Å². The molecular formula is C14H22FNO. The van der Waals surface area contributed by atoms with Crippen LogP contribution in [0.5, 0.6) is 0 Å². The zero-order valence-electron chi connectivity index (χ0n) is 10.5. The molecule has 2 nitrogen and oxygen atoms in total. The van der Waals surface area contributed by atoms with Crippen LogP contribution in [-0.4, -0.2) is 19.8 Å². The van der Waals surface area contributed by atoms with Crippen LogP contribution in [-0.2, 0) is 4.74 Å². The van der Waals surface area contributed by atoms with Gasteiger partial charge in [-0.3, -0.25) is 0 Å². The molecule has 96 valence electrons. The van der Waals surface area contributed by atoms with Gasteiger partial charge in [0.1, 0.15) is 5.82 Å². The molecule has 0 aliphatic carbocycles. The van der Waals surface area contributed by atoms with Gasteiger partial charge >= 0.3 is 0 Å². The molecular weight excluding hydrogens is 217 g/mol. The van der Waals surface area contributed by atoms with E-state index in [0.717, 1.165) is 38.0 Å². The lowest BCUT2D eigenvalue weighted by Crippen LogP contribution is -2.15. The molecule has 1 unspecified atom stereocenters. The number of halogens is 1. The number of benzene rings is 1. The summed E-state index contributed by atoms with van der Waals surface area (Å²) in [5.41, 5.74) is 6.83. The minimum Gasteiger partial charge on any atom is -0.381 e. The van der Waals surface area contributed by atoms with Crippen molar-refractivity contribution in [2.75, 3.05) is 19.8 Å². The number of nitrogens with two attached hydrogens (primary N) is 1. The van der Waals surface area contributed by atoms with Crippen molar-refractivity contribution in [1.29, 1.82) is 0 Å². The van der Waals surface area contributed by atoms with Gasteiger partial charge in [-0.25, -0.2) is 4.39 Å². The minimum absolute atomic E-state index is 0.205. The molecule has 0 saturated heterocycles. The maximum atomic E-state index is 12.8. The van der Waals surface area contributed by atoms with Gasteiger partial charge in [-0.2, -0.15) is 0 Å². The fraction of sp³-hybridized carbons (Fsp3) is 0.571. The van der Waals surface area contributed by atoms with Crippen LogP contribution in [0.1, 0.15) is 37.7 Å². The van der Waals surface area contributed by atoms with Crippen LogP contribution < -0.4 is 5.73 Å². The van der Waals surface area contributed by atoms with Gasteiger partial charge in [0.2, 0.25) is 0 Å². The highest BCUT2D eigenvalue weighted by molar-refractivity contribution is 5.20. The molecule has 0 fully saturated rings. The van der Waals surface area contributed by atoms with Gasteiger partial charge in [0, 0.05) is 13.2 Å². The first-order chi connectivity index (χ1) is 8.27. The zero-order valence-corrected chi connectivity index (χ0v) is 10.5. The van der Waals surface area contributed by atoms with E-state index in [2.05, 4.69) is 6.92 Å². The largest absolute Gasteiger partial charge is 0.381 e. The van der Waals surface area contributed by atoms with Crippen LogP contribution in [0, 0.1) is 5.82 Å². The second-order valence-corrected chi connectivity index (χ2v) is 4.24. The molecule has 1 atom stereocenters. The summed E-state index contributed by atoms with van der Waals surface area (Å²) in [4.78, 5) is 0. The van der Waals surface area contributed by atoms with E-state index in [1.54, 1.807) is 12.1 Å². The van der Waals surface area contributed by atoms with E-state index in [4.69, 9.17) is 10.5 Å². The second kappa shape index (κ2) is 8.20. The summed E-state index contributed by atoms with van der Waals surface area (Å²) in [6.45, 7) is 4.25. The topological polar surface area (TPSA) is 35.2 Å². The molecule has 0 aliphatic rings. The number of unbranched alkanes of at least 4 members (excludes halogenated alkanes) is 1. The SMILES string of the molecule is CCCCOCCC(CN)c1ccc(F)cc1. The third kappa shape index (κ3) is 5.29. The van der Waals surface area contributed by atoms with Crippen molar-refractivity contribution in [1.82, 2.24) is 0 Å². The summed E-state index contributed by atoms with van der Waals surface area (Å²) in [6, 6.07) is 6.57. The number of ether oxygens (including phenoxy) is 1. The summed E-state index contributed by atoms with van der Waals surface area (Å²) in [5, 5.41) is 0. The van der Waals surface area contributed by atoms with Gasteiger partial charge < -0.3 is 10.5 Å². The monoisotopic (exact) mass is 239 g/mol. The van der Waals surface area contributed by atoms with E-state index in [-0.39, 0.29) is 11.7 Å². The van der Waals surface area contributed by atoms with Crippen molar-refractivity contribution in [2.45, 2.75) is 32.1 Å². The third-order valence-electron chi connectivity index (χ3n) is 2.88. The third-order valence-corrected chi connectivity index (χ3v) is 2.88. The zero-order chi connectivity index (χ0) is 12.5. The van der Waals surface area contributed by atoms with Crippen molar-refractivity contribution in [3.63, 3.8) is 0 Å². The van der Waals surface area contributed by atoms with Crippen LogP contribution in [0.25, 0.3) is 0 Å². The Morgan fingerprint density at radius 2 is 1.94 bits per heavy atom. The van der Waals surface area contributed by atoms with Crippen molar-refractivity contribution >= 4 is 0 Å². The van der Waals surface area contributed by atoms with Crippen molar-refractivity contribution in [3.05, 3.63) is 35.6 Å². The van der Waals surface area contributed by atoms with Crippen molar-refractivity contribution in [2.24, 2.45) is 5.73 Å². The first-order valence-electron chi connectivity index (χ1n) is 6.31. The fourth-order valence-electron chi connectivity index (χ4n) is 1.73. The first kappa shape index (κ1) is 14.1. The van der Waals surface area contributed by atoms with Crippen LogP contribution in [0.3, 0.4) is 0 Å². The predicted molar refractivity (Wildman–Crippen MR) is 68.5 cm³/mol. The standard InChI is InChI=1S/C14H22FNO/c1-2-3-9-17-10-8-13(11-16)12-4-6-14(15)7-5-12/h4-7,13H,2-3,8-11,16H2,1H3. The van der Waals surface area contributed by atoms with E-state index < -0.39 is 0 Å². The lowest BCUT2D eigenvalue weighted by molar-refractivity contribution is 0.124. The molecule has 17 heavy (non-hydrogen) atoms. The minimum atomic E-state index is -0.205. The summed E-state index contributed by atoms with van der Waals surface area (Å²) < 4.78 is 18.3. The van der Waals surface area contributed by atoms with E-state index in [0.29, 0.717) is 6.54 Å². The summed E-state index contributed by atoms with van der Waals surface area (Å²) in [6.07, 6.45) is 3.15. The van der Waals surface area contributed by atoms with Gasteiger partial charge in [-0.15, -0.1) is 0 Å². The Hall–Kier alpha value is -0.930. The van der Waals surface area contributed by atoms with Crippen LogP contribution >= 0.6 is 0 Å². The smallest absolute Gasteiger partial charge is 0.123 e. The van der Waals surface area contributed by atoms with Gasteiger partial charge in [0.25, 0.3) is 0 Å². The molecule has 0 spiro atoms. The number of hydrogen-bond acceptors (Lipinski definition) is 2. The molecule has 0 aromatic heterocycles. The fourth-order valence-corrected chi connectivity index (χ4v) is 1.73. The average molecular weight is 239 g/mol. The quantitative estimate of drug-likeness (QED) is 0.708. The maximum Gasteiger partial charge on any atom is 0.123 e. The van der Waals surface area contributed by atoms with Crippen molar-refractivity contribution < 1.29 is 9.13 Å². The second-order valence-electron chi connectivity index (χ2n) is 4.24. The van der Waals surface area contributed by atoms with Gasteiger partial charge in [-0.1, -0.05) is 25.5 Å². The van der Waals surface area contributed by atoms with Crippen LogP contribution in [0.2, 0.25) is 0 Å². The Balaban J connectivity index is 2.35. The predicted octanol–water partition coefficient (Wildman–Crippen LogP) is 3.07. The highest BCUT2D eigenvalue weighted by Crippen LogP contribution is 2.18.